The van der Waals surface area contributed by atoms with Crippen molar-refractivity contribution in [2.24, 2.45) is 23.7 Å². The molecule has 1 aromatic carbocycles. The van der Waals surface area contributed by atoms with Gasteiger partial charge in [0.25, 0.3) is 0 Å². The number of nitrogens with one attached hydrogen (secondary N) is 1. The lowest BCUT2D eigenvalue weighted by molar-refractivity contribution is -0.576. The molecule has 1 aromatic heterocycles. The number of pyridine rings is 1. The summed E-state index contributed by atoms with van der Waals surface area (Å²) in [4.78, 5) is 41.4. The largest absolute Gasteiger partial charge is 0.481 e. The van der Waals surface area contributed by atoms with Crippen molar-refractivity contribution in [3.63, 3.8) is 0 Å². The molecule has 0 radical (unpaired) electrons. The van der Waals surface area contributed by atoms with Crippen LogP contribution in [0, 0.1) is 23.7 Å². The number of aliphatic carboxylic acids is 1. The molecular weight excluding hydrogens is 650 g/mol. The maximum Gasteiger partial charge on any atom is 0.308 e. The molecule has 7 rings (SSSR count). The zero-order valence-corrected chi connectivity index (χ0v) is 30.5. The Morgan fingerprint density at radius 1 is 1.12 bits per heavy atom. The molecule has 5 fully saturated rings. The number of halogens is 1. The number of esters is 1. The highest BCUT2D eigenvalue weighted by Crippen LogP contribution is 2.60. The third-order valence-corrected chi connectivity index (χ3v) is 11.2. The van der Waals surface area contributed by atoms with Gasteiger partial charge in [0.15, 0.2) is 11.9 Å². The topological polar surface area (TPSA) is 129 Å². The highest BCUT2D eigenvalue weighted by Gasteiger charge is 2.69. The summed E-state index contributed by atoms with van der Waals surface area (Å²) in [6, 6.07) is 8.35. The first-order chi connectivity index (χ1) is 23.4. The Morgan fingerprint density at radius 3 is 2.63 bits per heavy atom. The van der Waals surface area contributed by atoms with Crippen LogP contribution in [0.15, 0.2) is 30.5 Å². The molecule has 1 spiro atoms. The Labute approximate surface area is 295 Å². The lowest BCUT2D eigenvalue weighted by Gasteiger charge is -2.59. The van der Waals surface area contributed by atoms with Gasteiger partial charge in [-0.3, -0.25) is 14.6 Å². The Kier molecular flexibility index (Phi) is 12.5. The van der Waals surface area contributed by atoms with Crippen molar-refractivity contribution in [1.29, 1.82) is 0 Å². The summed E-state index contributed by atoms with van der Waals surface area (Å²) >= 11 is 6.04. The van der Waals surface area contributed by atoms with Gasteiger partial charge >= 0.3 is 11.9 Å². The zero-order valence-electron chi connectivity index (χ0n) is 29.8. The van der Waals surface area contributed by atoms with Gasteiger partial charge in [0.2, 0.25) is 12.1 Å². The van der Waals surface area contributed by atoms with E-state index in [0.717, 1.165) is 60.4 Å². The molecule has 1 aliphatic carbocycles. The van der Waals surface area contributed by atoms with Crippen molar-refractivity contribution in [1.82, 2.24) is 9.88 Å². The van der Waals surface area contributed by atoms with E-state index >= 15 is 0 Å². The van der Waals surface area contributed by atoms with Crippen molar-refractivity contribution >= 4 is 40.1 Å². The molecule has 12 heteroatoms. The molecule has 2 bridgehead atoms. The summed E-state index contributed by atoms with van der Waals surface area (Å²) in [5.74, 6) is -1.82. The van der Waals surface area contributed by atoms with Gasteiger partial charge in [0, 0.05) is 46.6 Å². The smallest absolute Gasteiger partial charge is 0.308 e. The van der Waals surface area contributed by atoms with E-state index in [4.69, 9.17) is 40.7 Å². The van der Waals surface area contributed by atoms with Gasteiger partial charge in [-0.15, -0.1) is 0 Å². The van der Waals surface area contributed by atoms with Crippen LogP contribution in [-0.4, -0.2) is 76.6 Å². The second kappa shape index (κ2) is 16.2. The number of hydrogen-bond donors (Lipinski definition) is 2. The first-order valence-electron chi connectivity index (χ1n) is 18.0. The number of benzene rings is 1. The number of carboxylic acid groups (broad SMARTS) is 1. The molecule has 5 unspecified atom stereocenters. The van der Waals surface area contributed by atoms with Crippen LogP contribution in [0.5, 0.6) is 0 Å². The minimum Gasteiger partial charge on any atom is -0.481 e. The molecule has 49 heavy (non-hydrogen) atoms. The van der Waals surface area contributed by atoms with Crippen molar-refractivity contribution in [2.45, 2.75) is 123 Å². The molecule has 11 nitrogen and oxygen atoms in total. The van der Waals surface area contributed by atoms with E-state index in [1.54, 1.807) is 0 Å². The Hall–Kier alpha value is -2.54. The van der Waals surface area contributed by atoms with E-state index in [1.807, 2.05) is 44.3 Å². The average Bonchev–Trinajstić information content (AvgIpc) is 3.30. The zero-order chi connectivity index (χ0) is 35.3. The fraction of sp³-hybridized carbons (Fsp3) is 0.703. The predicted molar refractivity (Wildman–Crippen MR) is 187 cm³/mol. The molecule has 0 amide bonds. The summed E-state index contributed by atoms with van der Waals surface area (Å²) in [5.41, 5.74) is 1.38. The first-order valence-corrected chi connectivity index (χ1v) is 18.4. The van der Waals surface area contributed by atoms with Crippen molar-refractivity contribution in [3.8, 4) is 0 Å². The summed E-state index contributed by atoms with van der Waals surface area (Å²) in [5, 5.41) is 14.2. The van der Waals surface area contributed by atoms with Crippen LogP contribution in [0.3, 0.4) is 0 Å². The molecule has 2 aromatic rings. The maximum atomic E-state index is 12.1. The number of anilines is 1. The Bertz CT molecular complexity index is 1440. The average molecular weight is 704 g/mol. The Morgan fingerprint density at radius 2 is 1.90 bits per heavy atom. The van der Waals surface area contributed by atoms with Crippen LogP contribution >= 0.6 is 11.6 Å². The summed E-state index contributed by atoms with van der Waals surface area (Å²) in [7, 11) is 0. The lowest BCUT2D eigenvalue weighted by Crippen LogP contribution is -2.70. The quantitative estimate of drug-likeness (QED) is 0.169. The summed E-state index contributed by atoms with van der Waals surface area (Å²) in [6.45, 7) is 16.2. The van der Waals surface area contributed by atoms with Crippen molar-refractivity contribution < 1.29 is 38.7 Å². The molecule has 5 heterocycles. The van der Waals surface area contributed by atoms with Gasteiger partial charge < -0.3 is 29.5 Å². The molecule has 272 valence electrons. The van der Waals surface area contributed by atoms with Crippen LogP contribution in [-0.2, 0) is 33.6 Å². The van der Waals surface area contributed by atoms with Gasteiger partial charge in [-0.25, -0.2) is 9.78 Å². The van der Waals surface area contributed by atoms with Crippen LogP contribution in [0.2, 0.25) is 5.02 Å². The number of carboxylic acids is 1. The van der Waals surface area contributed by atoms with Crippen LogP contribution < -0.4 is 5.32 Å². The number of carbonyl (C=O) groups is 2. The molecular formula is C37H54ClN3O8. The molecule has 5 aliphatic rings. The highest BCUT2D eigenvalue weighted by atomic mass is 35.5. The van der Waals surface area contributed by atoms with Crippen LogP contribution in [0.1, 0.15) is 92.9 Å². The second-order valence-electron chi connectivity index (χ2n) is 14.4. The molecule has 4 saturated heterocycles. The van der Waals surface area contributed by atoms with Crippen LogP contribution in [0.25, 0.3) is 10.9 Å². The normalized spacial score (nSPS) is 32.4. The third-order valence-electron chi connectivity index (χ3n) is 11.0. The number of hydrogen-bond acceptors (Lipinski definition) is 10. The fourth-order valence-electron chi connectivity index (χ4n) is 8.15. The first kappa shape index (κ1) is 37.7. The summed E-state index contributed by atoms with van der Waals surface area (Å²) in [6.07, 6.45) is 5.93. The van der Waals surface area contributed by atoms with Gasteiger partial charge in [-0.1, -0.05) is 39.3 Å². The van der Waals surface area contributed by atoms with E-state index in [2.05, 4.69) is 42.9 Å². The van der Waals surface area contributed by atoms with Crippen molar-refractivity contribution in [3.05, 3.63) is 35.5 Å². The van der Waals surface area contributed by atoms with Crippen LogP contribution in [0.4, 0.5) is 5.69 Å². The second-order valence-corrected chi connectivity index (χ2v) is 14.8. The molecule has 2 N–H and O–H groups in total. The van der Waals surface area contributed by atoms with E-state index < -0.39 is 35.9 Å². The number of ether oxygens (including phenoxy) is 3. The predicted octanol–water partition coefficient (Wildman–Crippen LogP) is 7.41. The van der Waals surface area contributed by atoms with E-state index in [0.29, 0.717) is 18.4 Å². The molecule has 1 saturated carbocycles. The number of aromatic nitrogens is 1. The summed E-state index contributed by atoms with van der Waals surface area (Å²) < 4.78 is 17.8. The number of carbonyl (C=O) groups excluding carboxylic acids is 1. The minimum absolute atomic E-state index is 0.0670. The minimum atomic E-state index is -1.03. The number of rotatable bonds is 12. The Balaban J connectivity index is 0.000000196. The van der Waals surface area contributed by atoms with Gasteiger partial charge in [0.05, 0.1) is 18.4 Å². The number of nitrogens with zero attached hydrogens (tertiary/aromatic N) is 2. The molecule has 9 atom stereocenters. The van der Waals surface area contributed by atoms with Gasteiger partial charge in [0.1, 0.15) is 0 Å². The van der Waals surface area contributed by atoms with Gasteiger partial charge in [-0.2, -0.15) is 0 Å². The maximum absolute atomic E-state index is 12.1. The lowest BCUT2D eigenvalue weighted by atomic mass is 9.58. The van der Waals surface area contributed by atoms with Crippen molar-refractivity contribution in [2.75, 3.05) is 25.0 Å². The van der Waals surface area contributed by atoms with E-state index in [1.165, 1.54) is 13.0 Å². The molecule has 4 aliphatic heterocycles. The third kappa shape index (κ3) is 8.51. The standard InChI is InChI=1S/C19H28O8.C18H26ClN3/c1-10-4-5-13-11(2)16(23-15(22)7-6-14(20)21)24-17-19(13)12(10)8-9-18(3,25-17)26-27-19;1-4-22(5-2)12-6-7-14(3)21-17-10-11-20-18-13-15(19)8-9-16(17)18/h10-13,16-17H,4-9H2,1-3H3,(H,20,21);8-11,13-14H,4-7,12H2,1-3H3,(H,20,21)/t10-,11-,12?,13?,16-,17?,18+,19?;/m1./s1. The highest BCUT2D eigenvalue weighted by molar-refractivity contribution is 6.31. The van der Waals surface area contributed by atoms with E-state index in [-0.39, 0.29) is 30.6 Å². The fourth-order valence-corrected chi connectivity index (χ4v) is 8.32. The number of fused-ring (bicyclic) bond motifs is 3. The van der Waals surface area contributed by atoms with E-state index in [9.17, 15) is 9.59 Å². The SMILES string of the molecule is CCN(CC)CCCC(C)Nc1ccnc2cc(Cl)ccc12.C[C@@H]1CCC2[C@@H](C)[C@H](OC(=O)CCC(=O)O)OC3O[C@]4(C)CCC1C32OO4. The monoisotopic (exact) mass is 703 g/mol. The van der Waals surface area contributed by atoms with Gasteiger partial charge in [-0.05, 0) is 102 Å².